The first kappa shape index (κ1) is 24.5. The number of aromatic nitrogens is 6. The highest BCUT2D eigenvalue weighted by atomic mass is 19.4. The number of anilines is 1. The normalized spacial score (nSPS) is 13.5. The summed E-state index contributed by atoms with van der Waals surface area (Å²) in [6, 6.07) is 6.97. The second-order valence-electron chi connectivity index (χ2n) is 8.62. The molecule has 0 radical (unpaired) electrons. The Bertz CT molecular complexity index is 1420. The zero-order chi connectivity index (χ0) is 26.2. The number of ether oxygens (including phenoxy) is 2. The third kappa shape index (κ3) is 5.04. The molecule has 3 heterocycles. The maximum Gasteiger partial charge on any atom is 0.434 e. The number of methoxy groups -OCH3 is 1. The van der Waals surface area contributed by atoms with Gasteiger partial charge in [0.2, 0.25) is 11.8 Å². The van der Waals surface area contributed by atoms with Crippen molar-refractivity contribution >= 4 is 5.69 Å². The number of benzene rings is 1. The van der Waals surface area contributed by atoms with Crippen molar-refractivity contribution in [2.75, 3.05) is 19.5 Å². The van der Waals surface area contributed by atoms with Crippen LogP contribution in [0.25, 0.3) is 22.8 Å². The Hall–Kier alpha value is -4.22. The molecule has 9 nitrogen and oxygen atoms in total. The predicted molar refractivity (Wildman–Crippen MR) is 129 cm³/mol. The highest BCUT2D eigenvalue weighted by Gasteiger charge is 2.34. The van der Waals surface area contributed by atoms with Crippen LogP contribution >= 0.6 is 0 Å². The average molecular weight is 512 g/mol. The fraction of sp³-hybridized carbons (Fsp3) is 0.320. The number of alkyl halides is 3. The number of halogens is 3. The zero-order valence-electron chi connectivity index (χ0n) is 20.4. The van der Waals surface area contributed by atoms with Crippen LogP contribution in [0.5, 0.6) is 11.8 Å². The molecule has 1 N–H and O–H groups in total. The molecule has 1 aromatic carbocycles. The lowest BCUT2D eigenvalue weighted by atomic mass is 10.1. The van der Waals surface area contributed by atoms with Gasteiger partial charge in [-0.2, -0.15) is 18.2 Å². The Labute approximate surface area is 210 Å². The van der Waals surface area contributed by atoms with Gasteiger partial charge in [0, 0.05) is 31.8 Å². The summed E-state index contributed by atoms with van der Waals surface area (Å²) in [6.07, 6.45) is 1.66. The lowest BCUT2D eigenvalue weighted by Gasteiger charge is -2.14. The lowest BCUT2D eigenvalue weighted by Crippen LogP contribution is -2.06. The molecule has 0 spiro atoms. The van der Waals surface area contributed by atoms with Crippen molar-refractivity contribution in [2.45, 2.75) is 31.5 Å². The van der Waals surface area contributed by atoms with Crippen LogP contribution in [0.2, 0.25) is 0 Å². The first-order chi connectivity index (χ1) is 17.8. The number of hydrogen-bond donors (Lipinski definition) is 1. The molecule has 0 aliphatic heterocycles. The minimum absolute atomic E-state index is 0.178. The Morgan fingerprint density at radius 2 is 1.81 bits per heavy atom. The summed E-state index contributed by atoms with van der Waals surface area (Å²) in [5, 5.41) is 3.02. The van der Waals surface area contributed by atoms with Crippen LogP contribution in [-0.2, 0) is 19.8 Å². The highest BCUT2D eigenvalue weighted by Crippen LogP contribution is 2.45. The van der Waals surface area contributed by atoms with Crippen LogP contribution in [0.15, 0.2) is 43.0 Å². The van der Waals surface area contributed by atoms with Gasteiger partial charge >= 0.3 is 6.18 Å². The summed E-state index contributed by atoms with van der Waals surface area (Å²) >= 11 is 0. The van der Waals surface area contributed by atoms with Gasteiger partial charge in [-0.3, -0.25) is 0 Å². The number of rotatable bonds is 8. The number of imidazole rings is 1. The van der Waals surface area contributed by atoms with E-state index >= 15 is 0 Å². The van der Waals surface area contributed by atoms with Gasteiger partial charge in [0.05, 0.1) is 19.0 Å². The highest BCUT2D eigenvalue weighted by molar-refractivity contribution is 5.68. The molecule has 0 atom stereocenters. The summed E-state index contributed by atoms with van der Waals surface area (Å²) in [7, 11) is 4.81. The van der Waals surface area contributed by atoms with E-state index in [0.29, 0.717) is 40.3 Å². The molecule has 37 heavy (non-hydrogen) atoms. The Morgan fingerprint density at radius 1 is 1.05 bits per heavy atom. The minimum atomic E-state index is -4.50. The van der Waals surface area contributed by atoms with Gasteiger partial charge in [0.1, 0.15) is 30.0 Å². The van der Waals surface area contributed by atoms with Crippen LogP contribution in [0, 0.1) is 0 Å². The van der Waals surface area contributed by atoms with Crippen LogP contribution in [0.3, 0.4) is 0 Å². The van der Waals surface area contributed by atoms with Gasteiger partial charge in [0.15, 0.2) is 11.5 Å². The largest absolute Gasteiger partial charge is 0.480 e. The molecule has 5 rings (SSSR count). The quantitative estimate of drug-likeness (QED) is 0.358. The van der Waals surface area contributed by atoms with E-state index in [1.54, 1.807) is 44.6 Å². The summed E-state index contributed by atoms with van der Waals surface area (Å²) in [5.41, 5.74) is 2.53. The minimum Gasteiger partial charge on any atom is -0.480 e. The third-order valence-electron chi connectivity index (χ3n) is 6.00. The lowest BCUT2D eigenvalue weighted by molar-refractivity contribution is -0.140. The van der Waals surface area contributed by atoms with E-state index in [1.165, 1.54) is 17.9 Å². The number of nitrogens with zero attached hydrogens (tertiary/aromatic N) is 6. The molecule has 1 aliphatic rings. The van der Waals surface area contributed by atoms with Crippen molar-refractivity contribution in [3.63, 3.8) is 0 Å². The number of aryl methyl sites for hydroxylation is 1. The summed E-state index contributed by atoms with van der Waals surface area (Å²) < 4.78 is 51.9. The maximum atomic E-state index is 13.0. The van der Waals surface area contributed by atoms with Gasteiger partial charge in [0.25, 0.3) is 0 Å². The van der Waals surface area contributed by atoms with Crippen molar-refractivity contribution in [1.82, 2.24) is 29.5 Å². The van der Waals surface area contributed by atoms with Crippen molar-refractivity contribution < 1.29 is 22.6 Å². The molecule has 0 unspecified atom stereocenters. The first-order valence-corrected chi connectivity index (χ1v) is 11.5. The molecule has 12 heteroatoms. The zero-order valence-corrected chi connectivity index (χ0v) is 20.4. The second kappa shape index (κ2) is 9.68. The van der Waals surface area contributed by atoms with E-state index in [4.69, 9.17) is 9.47 Å². The van der Waals surface area contributed by atoms with Gasteiger partial charge in [-0.1, -0.05) is 24.3 Å². The molecular weight excluding hydrogens is 487 g/mol. The fourth-order valence-electron chi connectivity index (χ4n) is 3.95. The Kier molecular flexibility index (Phi) is 6.40. The van der Waals surface area contributed by atoms with Gasteiger partial charge in [-0.25, -0.2) is 19.9 Å². The van der Waals surface area contributed by atoms with E-state index < -0.39 is 11.9 Å². The summed E-state index contributed by atoms with van der Waals surface area (Å²) in [4.78, 5) is 21.5. The SMILES string of the molecule is CNc1cnc(-c2c(OC)ncnc2C2CC2)nc1OCc1ccc(-c2nc(C(F)(F)F)cn2C)cc1. The molecular formula is C25H24F3N7O2. The van der Waals surface area contributed by atoms with Gasteiger partial charge in [-0.05, 0) is 18.4 Å². The van der Waals surface area contributed by atoms with Gasteiger partial charge in [-0.15, -0.1) is 0 Å². The van der Waals surface area contributed by atoms with E-state index in [9.17, 15) is 13.2 Å². The molecule has 1 aliphatic carbocycles. The van der Waals surface area contributed by atoms with E-state index in [1.807, 2.05) is 0 Å². The number of hydrogen-bond acceptors (Lipinski definition) is 8. The molecule has 3 aromatic heterocycles. The monoisotopic (exact) mass is 511 g/mol. The van der Waals surface area contributed by atoms with Crippen LogP contribution in [-0.4, -0.2) is 43.6 Å². The smallest absolute Gasteiger partial charge is 0.434 e. The van der Waals surface area contributed by atoms with E-state index in [-0.39, 0.29) is 12.4 Å². The molecule has 4 aromatic rings. The van der Waals surface area contributed by atoms with E-state index in [2.05, 4.69) is 30.2 Å². The van der Waals surface area contributed by atoms with Crippen LogP contribution < -0.4 is 14.8 Å². The molecule has 0 saturated heterocycles. The van der Waals surface area contributed by atoms with E-state index in [0.717, 1.165) is 30.3 Å². The standard InChI is InChI=1S/C25H24F3N7O2/c1-29-17-10-30-21(19-20(15-8-9-15)31-13-32-24(19)36-3)34-23(17)37-12-14-4-6-16(7-5-14)22-33-18(11-35(22)2)25(26,27)28/h4-7,10-11,13,15,29H,8-9,12H2,1-3H3. The first-order valence-electron chi connectivity index (χ1n) is 11.5. The number of nitrogens with one attached hydrogen (secondary N) is 1. The summed E-state index contributed by atoms with van der Waals surface area (Å²) in [5.74, 6) is 1.69. The molecule has 1 saturated carbocycles. The summed E-state index contributed by atoms with van der Waals surface area (Å²) in [6.45, 7) is 0.178. The topological polar surface area (TPSA) is 99.9 Å². The molecule has 0 bridgehead atoms. The molecule has 0 amide bonds. The average Bonchev–Trinajstić information content (AvgIpc) is 3.67. The maximum absolute atomic E-state index is 13.0. The fourth-order valence-corrected chi connectivity index (χ4v) is 3.95. The van der Waals surface area contributed by atoms with Gasteiger partial charge < -0.3 is 19.4 Å². The Morgan fingerprint density at radius 3 is 2.43 bits per heavy atom. The van der Waals surface area contributed by atoms with Crippen LogP contribution in [0.1, 0.15) is 35.7 Å². The van der Waals surface area contributed by atoms with Crippen molar-refractivity contribution in [1.29, 1.82) is 0 Å². The van der Waals surface area contributed by atoms with Crippen LogP contribution in [0.4, 0.5) is 18.9 Å². The van der Waals surface area contributed by atoms with Crippen molar-refractivity contribution in [3.8, 4) is 34.5 Å². The molecule has 192 valence electrons. The predicted octanol–water partition coefficient (Wildman–Crippen LogP) is 4.86. The van der Waals surface area contributed by atoms with Crippen molar-refractivity contribution in [2.24, 2.45) is 7.05 Å². The molecule has 1 fully saturated rings. The Balaban J connectivity index is 1.38. The second-order valence-corrected chi connectivity index (χ2v) is 8.62. The van der Waals surface area contributed by atoms with Crippen molar-refractivity contribution in [3.05, 3.63) is 59.9 Å². The third-order valence-corrected chi connectivity index (χ3v) is 6.00.